The van der Waals surface area contributed by atoms with Crippen molar-refractivity contribution in [1.29, 1.82) is 0 Å². The second-order valence-electron chi connectivity index (χ2n) is 5.42. The Morgan fingerprint density at radius 3 is 2.77 bits per heavy atom. The van der Waals surface area contributed by atoms with Crippen LogP contribution in [0.25, 0.3) is 10.9 Å². The minimum absolute atomic E-state index is 0. The minimum atomic E-state index is -3.47. The Kier molecular flexibility index (Phi) is 5.07. The number of nitrogens with one attached hydrogen (secondary N) is 1. The summed E-state index contributed by atoms with van der Waals surface area (Å²) in [6.07, 6.45) is 2.54. The molecule has 0 aliphatic carbocycles. The van der Waals surface area contributed by atoms with Crippen LogP contribution in [-0.4, -0.2) is 43.9 Å². The molecule has 7 heteroatoms. The highest BCUT2D eigenvalue weighted by molar-refractivity contribution is 7.89. The van der Waals surface area contributed by atoms with Crippen molar-refractivity contribution in [2.75, 3.05) is 20.1 Å². The Morgan fingerprint density at radius 1 is 1.32 bits per heavy atom. The molecule has 1 aliphatic heterocycles. The Balaban J connectivity index is 0.00000176. The van der Waals surface area contributed by atoms with Crippen LogP contribution in [0.3, 0.4) is 0 Å². The molecule has 0 amide bonds. The molecule has 0 spiro atoms. The molecule has 1 aromatic heterocycles. The third-order valence-corrected chi connectivity index (χ3v) is 6.03. The minimum Gasteiger partial charge on any atom is -0.316 e. The molecule has 1 aliphatic rings. The number of aryl methyl sites for hydroxylation is 1. The van der Waals surface area contributed by atoms with Crippen LogP contribution in [0.1, 0.15) is 12.0 Å². The monoisotopic (exact) mass is 341 g/mol. The molecule has 2 heterocycles. The van der Waals surface area contributed by atoms with Gasteiger partial charge >= 0.3 is 0 Å². The predicted octanol–water partition coefficient (Wildman–Crippen LogP) is 1.95. The van der Waals surface area contributed by atoms with Crippen molar-refractivity contribution in [2.45, 2.75) is 24.3 Å². The quantitative estimate of drug-likeness (QED) is 0.926. The summed E-state index contributed by atoms with van der Waals surface area (Å²) in [4.78, 5) is 4.67. The van der Waals surface area contributed by atoms with Crippen molar-refractivity contribution in [1.82, 2.24) is 14.6 Å². The highest BCUT2D eigenvalue weighted by Gasteiger charge is 2.32. The fourth-order valence-corrected chi connectivity index (χ4v) is 4.52. The van der Waals surface area contributed by atoms with E-state index in [9.17, 15) is 8.42 Å². The number of rotatable bonds is 3. The number of likely N-dealkylation sites (N-methyl/N-ethyl adjacent to an activating group) is 1. The van der Waals surface area contributed by atoms with Gasteiger partial charge in [0.05, 0.1) is 10.4 Å². The first-order chi connectivity index (χ1) is 10.0. The number of hydrogen-bond acceptors (Lipinski definition) is 4. The third-order valence-electron chi connectivity index (χ3n) is 4.11. The van der Waals surface area contributed by atoms with Crippen molar-refractivity contribution in [3.63, 3.8) is 0 Å². The molecule has 0 saturated carbocycles. The summed E-state index contributed by atoms with van der Waals surface area (Å²) in [6, 6.07) is 7.36. The lowest BCUT2D eigenvalue weighted by molar-refractivity contribution is 0.465. The van der Waals surface area contributed by atoms with Crippen molar-refractivity contribution >= 4 is 33.3 Å². The van der Waals surface area contributed by atoms with Gasteiger partial charge < -0.3 is 5.32 Å². The number of hydrogen-bond donors (Lipinski definition) is 1. The van der Waals surface area contributed by atoms with E-state index >= 15 is 0 Å². The van der Waals surface area contributed by atoms with Crippen LogP contribution in [0.15, 0.2) is 35.4 Å². The third kappa shape index (κ3) is 2.84. The summed E-state index contributed by atoms with van der Waals surface area (Å²) in [6.45, 7) is 3.02. The summed E-state index contributed by atoms with van der Waals surface area (Å²) < 4.78 is 27.3. The summed E-state index contributed by atoms with van der Waals surface area (Å²) in [5, 5.41) is 3.84. The zero-order valence-electron chi connectivity index (χ0n) is 12.6. The van der Waals surface area contributed by atoms with Crippen LogP contribution in [0.5, 0.6) is 0 Å². The van der Waals surface area contributed by atoms with Gasteiger partial charge in [0.25, 0.3) is 0 Å². The lowest BCUT2D eigenvalue weighted by atomic mass is 10.1. The Labute approximate surface area is 137 Å². The van der Waals surface area contributed by atoms with E-state index in [2.05, 4.69) is 10.3 Å². The number of aromatic nitrogens is 1. The zero-order chi connectivity index (χ0) is 15.0. The SMILES string of the molecule is CNC1CCN(S(=O)(=O)c2ccc(C)c3ncccc23)C1.Cl. The molecule has 3 rings (SSSR count). The smallest absolute Gasteiger partial charge is 0.243 e. The molecule has 22 heavy (non-hydrogen) atoms. The zero-order valence-corrected chi connectivity index (χ0v) is 14.2. The summed E-state index contributed by atoms with van der Waals surface area (Å²) in [7, 11) is -1.60. The van der Waals surface area contributed by atoms with Gasteiger partial charge in [0, 0.05) is 30.7 Å². The van der Waals surface area contributed by atoms with Gasteiger partial charge in [-0.1, -0.05) is 6.07 Å². The maximum atomic E-state index is 12.9. The Hall–Kier alpha value is -1.21. The first-order valence-electron chi connectivity index (χ1n) is 7.06. The highest BCUT2D eigenvalue weighted by Crippen LogP contribution is 2.28. The van der Waals surface area contributed by atoms with Crippen molar-refractivity contribution in [3.05, 3.63) is 36.0 Å². The van der Waals surface area contributed by atoms with Crippen LogP contribution in [0.4, 0.5) is 0 Å². The molecule has 1 unspecified atom stereocenters. The second-order valence-corrected chi connectivity index (χ2v) is 7.32. The van der Waals surface area contributed by atoms with Crippen LogP contribution < -0.4 is 5.32 Å². The lowest BCUT2D eigenvalue weighted by Gasteiger charge is -2.18. The van der Waals surface area contributed by atoms with Crippen LogP contribution in [0.2, 0.25) is 0 Å². The standard InChI is InChI=1S/C15H19N3O2S.ClH/c1-11-5-6-14(13-4-3-8-17-15(11)13)21(19,20)18-9-7-12(10-18)16-2;/h3-6,8,12,16H,7,9-10H2,1-2H3;1H. The first kappa shape index (κ1) is 17.1. The van der Waals surface area contributed by atoms with Crippen molar-refractivity contribution in [3.8, 4) is 0 Å². The molecule has 1 atom stereocenters. The molecular weight excluding hydrogens is 322 g/mol. The number of fused-ring (bicyclic) bond motifs is 1. The van der Waals surface area contributed by atoms with E-state index in [-0.39, 0.29) is 18.4 Å². The van der Waals surface area contributed by atoms with Crippen molar-refractivity contribution < 1.29 is 8.42 Å². The number of pyridine rings is 1. The van der Waals surface area contributed by atoms with Gasteiger partial charge in [-0.3, -0.25) is 4.98 Å². The summed E-state index contributed by atoms with van der Waals surface area (Å²) in [5.74, 6) is 0. The topological polar surface area (TPSA) is 62.3 Å². The lowest BCUT2D eigenvalue weighted by Crippen LogP contribution is -2.33. The fourth-order valence-electron chi connectivity index (χ4n) is 2.83. The normalized spacial score (nSPS) is 19.3. The van der Waals surface area contributed by atoms with E-state index in [0.717, 1.165) is 17.5 Å². The fraction of sp³-hybridized carbons (Fsp3) is 0.400. The van der Waals surface area contributed by atoms with Crippen LogP contribution in [-0.2, 0) is 10.0 Å². The number of sulfonamides is 1. The number of halogens is 1. The molecule has 1 fully saturated rings. The summed E-state index contributed by atoms with van der Waals surface area (Å²) >= 11 is 0. The first-order valence-corrected chi connectivity index (χ1v) is 8.50. The van der Waals surface area contributed by atoms with Gasteiger partial charge in [-0.05, 0) is 44.2 Å². The van der Waals surface area contributed by atoms with Crippen LogP contribution in [0, 0.1) is 6.92 Å². The van der Waals surface area contributed by atoms with E-state index in [1.807, 2.05) is 26.1 Å². The van der Waals surface area contributed by atoms with Crippen molar-refractivity contribution in [2.24, 2.45) is 0 Å². The molecule has 0 radical (unpaired) electrons. The molecule has 1 N–H and O–H groups in total. The maximum absolute atomic E-state index is 12.9. The highest BCUT2D eigenvalue weighted by atomic mass is 35.5. The maximum Gasteiger partial charge on any atom is 0.243 e. The van der Waals surface area contributed by atoms with Gasteiger partial charge in [-0.25, -0.2) is 8.42 Å². The second kappa shape index (κ2) is 6.50. The van der Waals surface area contributed by atoms with Gasteiger partial charge in [0.2, 0.25) is 10.0 Å². The molecule has 2 aromatic rings. The molecule has 1 saturated heterocycles. The molecule has 1 aromatic carbocycles. The van der Waals surface area contributed by atoms with Gasteiger partial charge in [-0.2, -0.15) is 4.31 Å². The summed E-state index contributed by atoms with van der Waals surface area (Å²) in [5.41, 5.74) is 1.74. The van der Waals surface area contributed by atoms with E-state index in [1.54, 1.807) is 22.6 Å². The molecule has 120 valence electrons. The Morgan fingerprint density at radius 2 is 2.09 bits per heavy atom. The molecule has 0 bridgehead atoms. The molecule has 5 nitrogen and oxygen atoms in total. The number of benzene rings is 1. The largest absolute Gasteiger partial charge is 0.316 e. The number of nitrogens with zero attached hydrogens (tertiary/aromatic N) is 2. The van der Waals surface area contributed by atoms with E-state index in [4.69, 9.17) is 0 Å². The van der Waals surface area contributed by atoms with Gasteiger partial charge in [0.15, 0.2) is 0 Å². The Bertz CT molecular complexity index is 779. The molecular formula is C15H20ClN3O2S. The van der Waals surface area contributed by atoms with E-state index in [1.165, 1.54) is 0 Å². The van der Waals surface area contributed by atoms with Gasteiger partial charge in [0.1, 0.15) is 0 Å². The predicted molar refractivity (Wildman–Crippen MR) is 90.0 cm³/mol. The van der Waals surface area contributed by atoms with E-state index in [0.29, 0.717) is 23.4 Å². The van der Waals surface area contributed by atoms with Gasteiger partial charge in [-0.15, -0.1) is 12.4 Å². The van der Waals surface area contributed by atoms with E-state index < -0.39 is 10.0 Å². The van der Waals surface area contributed by atoms with Crippen LogP contribution >= 0.6 is 12.4 Å². The average molecular weight is 342 g/mol. The average Bonchev–Trinajstić information content (AvgIpc) is 2.97.